The number of hydrogen-bond donors (Lipinski definition) is 0. The summed E-state index contributed by atoms with van der Waals surface area (Å²) in [5.74, 6) is 1.26. The average Bonchev–Trinajstić information content (AvgIpc) is 3.30. The van der Waals surface area contributed by atoms with E-state index in [4.69, 9.17) is 28.5 Å². The van der Waals surface area contributed by atoms with Crippen LogP contribution in [-0.2, 0) is 0 Å². The molecule has 0 bridgehead atoms. The van der Waals surface area contributed by atoms with Crippen LogP contribution in [0.3, 0.4) is 0 Å². The lowest BCUT2D eigenvalue weighted by atomic mass is 9.91. The smallest absolute Gasteiger partial charge is 0.162 e. The number of rotatable bonds is 8. The zero-order chi connectivity index (χ0) is 55.3. The topological polar surface area (TPSA) is 23.8 Å². The maximum atomic E-state index is 13.1. The first kappa shape index (κ1) is 68.1. The Balaban J connectivity index is 0.000000850. The van der Waals surface area contributed by atoms with Gasteiger partial charge in [0.1, 0.15) is 11.6 Å². The number of nitriles is 1. The van der Waals surface area contributed by atoms with Crippen LogP contribution >= 0.6 is 23.2 Å². The van der Waals surface area contributed by atoms with E-state index < -0.39 is 23.3 Å². The normalized spacial score (nSPS) is 10.6. The Morgan fingerprint density at radius 2 is 0.753 bits per heavy atom. The zero-order valence-corrected chi connectivity index (χ0v) is 48.7. The highest BCUT2D eigenvalue weighted by Crippen LogP contribution is 2.30. The minimum Gasteiger partial charge on any atom is -0.207 e. The van der Waals surface area contributed by atoms with Crippen molar-refractivity contribution in [1.82, 2.24) is 0 Å². The van der Waals surface area contributed by atoms with Crippen LogP contribution in [0.4, 0.5) is 17.6 Å². The predicted molar refractivity (Wildman–Crippen MR) is 312 cm³/mol. The SMILES string of the molecule is C.CC(C)c1ccccc1C(C)C.CC(C)c1ccccc1C(C)C.Cc1cc(C#N)cc(C(C)C)c1.Cc1cc(C(C)C)c(Cl)cc1Cl.Cc1cc(C(C)C)c(F)cc1F.Cc1cc(F)c(F)c(C(C)C)c1. The van der Waals surface area contributed by atoms with Crippen molar-refractivity contribution < 1.29 is 17.6 Å². The lowest BCUT2D eigenvalue weighted by Gasteiger charge is -2.14. The van der Waals surface area contributed by atoms with Gasteiger partial charge in [0.25, 0.3) is 0 Å². The first-order chi connectivity index (χ1) is 33.4. The second kappa shape index (κ2) is 33.1. The molecule has 7 heteroatoms. The van der Waals surface area contributed by atoms with Crippen LogP contribution in [0.1, 0.15) is 238 Å². The third kappa shape index (κ3) is 23.0. The Bertz CT molecular complexity index is 2460. The molecular weight excluding hydrogens is 954 g/mol. The summed E-state index contributed by atoms with van der Waals surface area (Å²) in [6.45, 7) is 41.4. The number of nitrogens with zero attached hydrogens (tertiary/aromatic N) is 1. The van der Waals surface area contributed by atoms with Gasteiger partial charge in [0.2, 0.25) is 0 Å². The van der Waals surface area contributed by atoms with E-state index in [2.05, 4.69) is 150 Å². The summed E-state index contributed by atoms with van der Waals surface area (Å²) in [5.41, 5.74) is 13.7. The summed E-state index contributed by atoms with van der Waals surface area (Å²) in [5, 5.41) is 10.2. The van der Waals surface area contributed by atoms with Crippen molar-refractivity contribution in [2.24, 2.45) is 0 Å². The van der Waals surface area contributed by atoms with Gasteiger partial charge < -0.3 is 0 Å². The third-order valence-corrected chi connectivity index (χ3v) is 12.7. The standard InChI is InChI=1S/2C12H18.C11H13N.C10H12Cl2.2C10H12F2.CH4/c2*1-9(2)11-7-5-6-8-12(11)10(3)4;1-8(2)11-5-9(3)4-10(6-11)7-12;2*1-6(2)8-4-7(3)9(11)5-10(8)12;1-6(2)8-4-7(3)5-9(11)10(8)12;/h2*5-10H,1-4H3;4-6,8H,1-3H3;3*4-6H,1-3H3;1H4. The minimum absolute atomic E-state index is 0. The van der Waals surface area contributed by atoms with E-state index in [1.165, 1.54) is 39.4 Å². The van der Waals surface area contributed by atoms with Crippen LogP contribution in [0, 0.1) is 62.3 Å². The molecule has 0 spiro atoms. The third-order valence-electron chi connectivity index (χ3n) is 12.0. The Morgan fingerprint density at radius 1 is 0.370 bits per heavy atom. The maximum Gasteiger partial charge on any atom is 0.162 e. The van der Waals surface area contributed by atoms with E-state index in [1.54, 1.807) is 26.0 Å². The summed E-state index contributed by atoms with van der Waals surface area (Å²) in [6.07, 6.45) is 0. The fraction of sp³-hybridized carbons (Fsp3) is 0.439. The van der Waals surface area contributed by atoms with Crippen LogP contribution < -0.4 is 0 Å². The van der Waals surface area contributed by atoms with Gasteiger partial charge in [-0.3, -0.25) is 0 Å². The molecule has 0 unspecified atom stereocenters. The molecule has 400 valence electrons. The van der Waals surface area contributed by atoms with Gasteiger partial charge in [0, 0.05) is 16.1 Å². The summed E-state index contributed by atoms with van der Waals surface area (Å²) in [6, 6.07) is 34.9. The quantitative estimate of drug-likeness (QED) is 0.139. The highest BCUT2D eigenvalue weighted by molar-refractivity contribution is 6.35. The molecule has 0 aliphatic heterocycles. The fourth-order valence-corrected chi connectivity index (χ4v) is 8.35. The molecule has 0 N–H and O–H groups in total. The highest BCUT2D eigenvalue weighted by atomic mass is 35.5. The van der Waals surface area contributed by atoms with E-state index in [1.807, 2.05) is 59.7 Å². The number of aryl methyl sites for hydroxylation is 4. The molecular formula is C66H89Cl2F4N. The van der Waals surface area contributed by atoms with E-state index in [0.29, 0.717) is 52.2 Å². The summed E-state index contributed by atoms with van der Waals surface area (Å²) >= 11 is 11.9. The van der Waals surface area contributed by atoms with Crippen LogP contribution in [0.25, 0.3) is 0 Å². The second-order valence-corrected chi connectivity index (χ2v) is 21.9. The molecule has 0 saturated heterocycles. The molecule has 0 radical (unpaired) electrons. The van der Waals surface area contributed by atoms with Crippen LogP contribution in [-0.4, -0.2) is 0 Å². The van der Waals surface area contributed by atoms with Gasteiger partial charge in [0.05, 0.1) is 11.6 Å². The minimum atomic E-state index is -0.751. The van der Waals surface area contributed by atoms with Crippen molar-refractivity contribution in [2.75, 3.05) is 0 Å². The molecule has 6 aromatic rings. The summed E-state index contributed by atoms with van der Waals surface area (Å²) < 4.78 is 51.7. The lowest BCUT2D eigenvalue weighted by molar-refractivity contribution is 0.493. The summed E-state index contributed by atoms with van der Waals surface area (Å²) in [4.78, 5) is 0. The van der Waals surface area contributed by atoms with Crippen LogP contribution in [0.15, 0.2) is 103 Å². The molecule has 6 aromatic carbocycles. The average molecular weight is 1040 g/mol. The molecule has 0 aromatic heterocycles. The number of halogens is 6. The predicted octanol–water partition coefficient (Wildman–Crippen LogP) is 22.7. The van der Waals surface area contributed by atoms with Gasteiger partial charge in [-0.05, 0) is 166 Å². The molecule has 0 fully saturated rings. The number of benzene rings is 6. The van der Waals surface area contributed by atoms with Crippen molar-refractivity contribution in [2.45, 2.75) is 193 Å². The molecule has 1 nitrogen and oxygen atoms in total. The van der Waals surface area contributed by atoms with Crippen molar-refractivity contribution in [1.29, 1.82) is 5.26 Å². The number of hydrogen-bond acceptors (Lipinski definition) is 1. The first-order valence-electron chi connectivity index (χ1n) is 25.5. The van der Waals surface area contributed by atoms with Gasteiger partial charge in [-0.1, -0.05) is 214 Å². The molecule has 0 amide bonds. The van der Waals surface area contributed by atoms with Crippen molar-refractivity contribution >= 4 is 23.2 Å². The molecule has 0 atom stereocenters. The molecule has 0 heterocycles. The lowest BCUT2D eigenvalue weighted by Crippen LogP contribution is -1.97. The van der Waals surface area contributed by atoms with E-state index >= 15 is 0 Å². The van der Waals surface area contributed by atoms with Crippen molar-refractivity contribution in [3.8, 4) is 6.07 Å². The van der Waals surface area contributed by atoms with Gasteiger partial charge >= 0.3 is 0 Å². The van der Waals surface area contributed by atoms with Gasteiger partial charge in [-0.2, -0.15) is 5.26 Å². The van der Waals surface area contributed by atoms with Gasteiger partial charge in [0.15, 0.2) is 11.6 Å². The van der Waals surface area contributed by atoms with Crippen LogP contribution in [0.5, 0.6) is 0 Å². The molecule has 0 aliphatic carbocycles. The van der Waals surface area contributed by atoms with Crippen molar-refractivity contribution in [3.63, 3.8) is 0 Å². The van der Waals surface area contributed by atoms with E-state index in [9.17, 15) is 17.6 Å². The van der Waals surface area contributed by atoms with Crippen molar-refractivity contribution in [3.05, 3.63) is 209 Å². The van der Waals surface area contributed by atoms with Gasteiger partial charge in [-0.15, -0.1) is 0 Å². The maximum absolute atomic E-state index is 13.1. The Morgan fingerprint density at radius 3 is 1.12 bits per heavy atom. The van der Waals surface area contributed by atoms with E-state index in [-0.39, 0.29) is 19.3 Å². The van der Waals surface area contributed by atoms with Crippen LogP contribution in [0.2, 0.25) is 10.0 Å². The monoisotopic (exact) mass is 1040 g/mol. The Hall–Kier alpha value is -4.89. The van der Waals surface area contributed by atoms with Gasteiger partial charge in [-0.25, -0.2) is 17.6 Å². The zero-order valence-electron chi connectivity index (χ0n) is 47.1. The Kier molecular flexibility index (Phi) is 30.9. The highest BCUT2D eigenvalue weighted by Gasteiger charge is 2.13. The molecule has 73 heavy (non-hydrogen) atoms. The second-order valence-electron chi connectivity index (χ2n) is 21.1. The molecule has 0 saturated carbocycles. The van der Waals surface area contributed by atoms with E-state index in [0.717, 1.165) is 38.4 Å². The molecule has 6 rings (SSSR count). The molecule has 0 aliphatic rings. The fourth-order valence-electron chi connectivity index (χ4n) is 7.75. The first-order valence-corrected chi connectivity index (χ1v) is 26.3. The summed E-state index contributed by atoms with van der Waals surface area (Å²) in [7, 11) is 0. The largest absolute Gasteiger partial charge is 0.207 e. The Labute approximate surface area is 451 Å².